The second-order valence-corrected chi connectivity index (χ2v) is 3.00. The molecule has 0 amide bonds. The van der Waals surface area contributed by atoms with E-state index in [2.05, 4.69) is 27.7 Å². The maximum atomic E-state index is 2.19. The van der Waals surface area contributed by atoms with Crippen molar-refractivity contribution in [2.24, 2.45) is 5.41 Å². The molecule has 0 aliphatic carbocycles. The molecule has 0 saturated heterocycles. The standard InChI is InChI=1S/C5H12.Li.H/c1-5(2,3)4;;/h1-4H3;;/q;+1;-1. The molecule has 0 N–H and O–H groups in total. The van der Waals surface area contributed by atoms with Crippen LogP contribution in [0.3, 0.4) is 0 Å². The van der Waals surface area contributed by atoms with Gasteiger partial charge in [0, 0.05) is 0 Å². The van der Waals surface area contributed by atoms with Crippen molar-refractivity contribution in [1.82, 2.24) is 0 Å². The normalized spacial score (nSPS) is 10.0. The Balaban J connectivity index is -0.0000000800. The topological polar surface area (TPSA) is 0 Å². The van der Waals surface area contributed by atoms with Crippen molar-refractivity contribution in [2.45, 2.75) is 27.7 Å². The largest absolute Gasteiger partial charge is 1.00 e. The molecule has 0 aromatic heterocycles. The van der Waals surface area contributed by atoms with Crippen LogP contribution >= 0.6 is 0 Å². The van der Waals surface area contributed by atoms with E-state index in [4.69, 9.17) is 0 Å². The molecule has 0 aliphatic heterocycles. The summed E-state index contributed by atoms with van der Waals surface area (Å²) < 4.78 is 0. The van der Waals surface area contributed by atoms with Gasteiger partial charge in [0.1, 0.15) is 0 Å². The monoisotopic (exact) mass is 80.1 g/mol. The molecule has 0 unspecified atom stereocenters. The molecule has 0 bridgehead atoms. The molecule has 0 saturated carbocycles. The minimum atomic E-state index is 0. The summed E-state index contributed by atoms with van der Waals surface area (Å²) in [6.45, 7) is 8.75. The van der Waals surface area contributed by atoms with Gasteiger partial charge in [-0.05, 0) is 5.41 Å². The molecule has 0 aromatic rings. The minimum Gasteiger partial charge on any atom is -1.00 e. The van der Waals surface area contributed by atoms with E-state index in [9.17, 15) is 0 Å². The van der Waals surface area contributed by atoms with Crippen molar-refractivity contribution in [3.8, 4) is 0 Å². The van der Waals surface area contributed by atoms with Gasteiger partial charge in [0.05, 0.1) is 0 Å². The molecule has 0 nitrogen and oxygen atoms in total. The van der Waals surface area contributed by atoms with Crippen molar-refractivity contribution in [2.75, 3.05) is 0 Å². The molecule has 0 heterocycles. The Kier molecular flexibility index (Phi) is 4.43. The first kappa shape index (κ1) is 9.78. The molecule has 0 aliphatic rings. The summed E-state index contributed by atoms with van der Waals surface area (Å²) in [4.78, 5) is 0. The van der Waals surface area contributed by atoms with E-state index in [1.165, 1.54) is 0 Å². The molecule has 0 radical (unpaired) electrons. The van der Waals surface area contributed by atoms with Gasteiger partial charge >= 0.3 is 18.9 Å². The van der Waals surface area contributed by atoms with Crippen molar-refractivity contribution in [3.05, 3.63) is 0 Å². The summed E-state index contributed by atoms with van der Waals surface area (Å²) >= 11 is 0. The van der Waals surface area contributed by atoms with Gasteiger partial charge in [-0.3, -0.25) is 0 Å². The SMILES string of the molecule is CC(C)(C)C.[H-].[Li+]. The molecule has 0 spiro atoms. The van der Waals surface area contributed by atoms with Crippen LogP contribution in [-0.2, 0) is 0 Å². The second-order valence-electron chi connectivity index (χ2n) is 3.00. The van der Waals surface area contributed by atoms with Crippen molar-refractivity contribution in [1.29, 1.82) is 0 Å². The fourth-order valence-electron chi connectivity index (χ4n) is 0. The maximum absolute atomic E-state index is 2.19. The van der Waals surface area contributed by atoms with Crippen molar-refractivity contribution < 1.29 is 20.3 Å². The Hall–Kier alpha value is 0.597. The molecule has 0 fully saturated rings. The van der Waals surface area contributed by atoms with E-state index in [0.29, 0.717) is 5.41 Å². The summed E-state index contributed by atoms with van der Waals surface area (Å²) in [5, 5.41) is 0. The van der Waals surface area contributed by atoms with Crippen LogP contribution in [0, 0.1) is 5.41 Å². The average Bonchev–Trinajstić information content (AvgIpc) is 0.722. The molecular weight excluding hydrogens is 67.0 g/mol. The Morgan fingerprint density at radius 1 is 1.00 bits per heavy atom. The van der Waals surface area contributed by atoms with Gasteiger partial charge < -0.3 is 1.43 Å². The van der Waals surface area contributed by atoms with Crippen LogP contribution in [0.1, 0.15) is 29.1 Å². The summed E-state index contributed by atoms with van der Waals surface area (Å²) in [6, 6.07) is 0. The van der Waals surface area contributed by atoms with Crippen LogP contribution in [0.5, 0.6) is 0 Å². The third-order valence-corrected chi connectivity index (χ3v) is 0. The molecule has 0 aromatic carbocycles. The van der Waals surface area contributed by atoms with E-state index < -0.39 is 0 Å². The zero-order valence-electron chi connectivity index (χ0n) is 6.50. The predicted molar refractivity (Wildman–Crippen MR) is 26.2 cm³/mol. The van der Waals surface area contributed by atoms with Gasteiger partial charge in [-0.2, -0.15) is 0 Å². The number of rotatable bonds is 0. The van der Waals surface area contributed by atoms with E-state index in [1.807, 2.05) is 0 Å². The summed E-state index contributed by atoms with van der Waals surface area (Å²) in [7, 11) is 0. The van der Waals surface area contributed by atoms with Crippen LogP contribution in [-0.4, -0.2) is 0 Å². The van der Waals surface area contributed by atoms with Crippen LogP contribution in [0.25, 0.3) is 0 Å². The van der Waals surface area contributed by atoms with Crippen LogP contribution < -0.4 is 18.9 Å². The van der Waals surface area contributed by atoms with Crippen LogP contribution in [0.2, 0.25) is 0 Å². The molecular formula is C5H13Li. The second kappa shape index (κ2) is 2.72. The average molecular weight is 80.1 g/mol. The number of hydrogen-bond acceptors (Lipinski definition) is 0. The first-order valence-electron chi connectivity index (χ1n) is 2.00. The smallest absolute Gasteiger partial charge is 1.00 e. The first-order chi connectivity index (χ1) is 2.00. The first-order valence-corrected chi connectivity index (χ1v) is 2.00. The van der Waals surface area contributed by atoms with Gasteiger partial charge in [0.15, 0.2) is 0 Å². The van der Waals surface area contributed by atoms with Crippen molar-refractivity contribution in [3.63, 3.8) is 0 Å². The minimum absolute atomic E-state index is 0. The van der Waals surface area contributed by atoms with Crippen molar-refractivity contribution >= 4 is 0 Å². The summed E-state index contributed by atoms with van der Waals surface area (Å²) in [5.74, 6) is 0. The Labute approximate surface area is 54.0 Å². The predicted octanol–water partition coefficient (Wildman–Crippen LogP) is -0.831. The van der Waals surface area contributed by atoms with Gasteiger partial charge in [-0.25, -0.2) is 0 Å². The van der Waals surface area contributed by atoms with E-state index in [1.54, 1.807) is 0 Å². The van der Waals surface area contributed by atoms with Crippen LogP contribution in [0.4, 0.5) is 0 Å². The molecule has 6 heavy (non-hydrogen) atoms. The zero-order valence-corrected chi connectivity index (χ0v) is 5.50. The molecule has 0 rings (SSSR count). The van der Waals surface area contributed by atoms with Gasteiger partial charge in [-0.15, -0.1) is 0 Å². The summed E-state index contributed by atoms with van der Waals surface area (Å²) in [5.41, 5.74) is 0.500. The van der Waals surface area contributed by atoms with Gasteiger partial charge in [-0.1, -0.05) is 27.7 Å². The fraction of sp³-hybridized carbons (Fsp3) is 1.00. The maximum Gasteiger partial charge on any atom is 1.00 e. The Bertz CT molecular complexity index is 23.6. The summed E-state index contributed by atoms with van der Waals surface area (Å²) in [6.07, 6.45) is 0. The zero-order chi connectivity index (χ0) is 4.50. The number of hydrogen-bond donors (Lipinski definition) is 0. The molecule has 0 atom stereocenters. The van der Waals surface area contributed by atoms with Gasteiger partial charge in [0.25, 0.3) is 0 Å². The van der Waals surface area contributed by atoms with Crippen LogP contribution in [0.15, 0.2) is 0 Å². The van der Waals surface area contributed by atoms with Gasteiger partial charge in [0.2, 0.25) is 0 Å². The Morgan fingerprint density at radius 2 is 1.00 bits per heavy atom. The van der Waals surface area contributed by atoms with E-state index in [-0.39, 0.29) is 20.3 Å². The quantitative estimate of drug-likeness (QED) is 0.333. The van der Waals surface area contributed by atoms with E-state index in [0.717, 1.165) is 0 Å². The third kappa shape index (κ3) is 167. The molecule has 1 heteroatoms. The molecule has 34 valence electrons. The van der Waals surface area contributed by atoms with E-state index >= 15 is 0 Å². The fourth-order valence-corrected chi connectivity index (χ4v) is 0. The Morgan fingerprint density at radius 3 is 1.00 bits per heavy atom. The third-order valence-electron chi connectivity index (χ3n) is 0.